The lowest BCUT2D eigenvalue weighted by atomic mass is 10.1. The Hall–Kier alpha value is -2.61. The number of nitrogens with one attached hydrogen (secondary N) is 2. The maximum atomic E-state index is 12.6. The van der Waals surface area contributed by atoms with Gasteiger partial charge in [0, 0.05) is 21.8 Å². The van der Waals surface area contributed by atoms with E-state index in [0.29, 0.717) is 38.3 Å². The number of nitrogens with zero attached hydrogens (tertiary/aromatic N) is 3. The summed E-state index contributed by atoms with van der Waals surface area (Å²) in [7, 11) is 0. The lowest BCUT2D eigenvalue weighted by molar-refractivity contribution is 0.102. The second-order valence-electron chi connectivity index (χ2n) is 6.75. The standard InChI is InChI=1S/C21H16BrCl2N5O/c1-12-2-4-13(5-3-12)18-9-19(27-26-18)21(30)25-20-16(22)11-29(28-20)10-14-6-7-15(23)8-17(14)24/h2-9,11H,10H2,1H3,(H,26,27)(H,25,28,30). The maximum absolute atomic E-state index is 12.6. The molecule has 0 bridgehead atoms. The van der Waals surface area contributed by atoms with Crippen molar-refractivity contribution in [3.63, 3.8) is 0 Å². The summed E-state index contributed by atoms with van der Waals surface area (Å²) >= 11 is 15.6. The molecular formula is C21H16BrCl2N5O. The van der Waals surface area contributed by atoms with Crippen LogP contribution in [0.3, 0.4) is 0 Å². The highest BCUT2D eigenvalue weighted by Crippen LogP contribution is 2.25. The monoisotopic (exact) mass is 503 g/mol. The highest BCUT2D eigenvalue weighted by atomic mass is 79.9. The first-order chi connectivity index (χ1) is 14.4. The third-order valence-corrected chi connectivity index (χ3v) is 5.63. The predicted octanol–water partition coefficient (Wildman–Crippen LogP) is 5.95. The topological polar surface area (TPSA) is 75.6 Å². The molecule has 0 aliphatic heterocycles. The molecule has 4 aromatic rings. The normalized spacial score (nSPS) is 10.9. The van der Waals surface area contributed by atoms with Gasteiger partial charge in [-0.15, -0.1) is 0 Å². The summed E-state index contributed by atoms with van der Waals surface area (Å²) in [5.74, 6) is 0.0629. The van der Waals surface area contributed by atoms with E-state index in [2.05, 4.69) is 36.5 Å². The fraction of sp³-hybridized carbons (Fsp3) is 0.0952. The zero-order valence-electron chi connectivity index (χ0n) is 15.8. The first kappa shape index (κ1) is 20.7. The van der Waals surface area contributed by atoms with Crippen molar-refractivity contribution in [2.45, 2.75) is 13.5 Å². The van der Waals surface area contributed by atoms with Crippen LogP contribution in [0.15, 0.2) is 59.2 Å². The van der Waals surface area contributed by atoms with Gasteiger partial charge in [-0.25, -0.2) is 0 Å². The van der Waals surface area contributed by atoms with Gasteiger partial charge in [-0.1, -0.05) is 59.1 Å². The largest absolute Gasteiger partial charge is 0.303 e. The Bertz CT molecular complexity index is 1220. The zero-order chi connectivity index (χ0) is 21.3. The first-order valence-electron chi connectivity index (χ1n) is 9.00. The fourth-order valence-electron chi connectivity index (χ4n) is 2.87. The van der Waals surface area contributed by atoms with Crippen LogP contribution >= 0.6 is 39.1 Å². The highest BCUT2D eigenvalue weighted by molar-refractivity contribution is 9.10. The molecule has 0 spiro atoms. The Morgan fingerprint density at radius 3 is 2.67 bits per heavy atom. The van der Waals surface area contributed by atoms with Gasteiger partial charge in [0.15, 0.2) is 5.82 Å². The van der Waals surface area contributed by atoms with Crippen LogP contribution in [-0.4, -0.2) is 25.9 Å². The van der Waals surface area contributed by atoms with Crippen LogP contribution in [0.5, 0.6) is 0 Å². The molecule has 2 heterocycles. The van der Waals surface area contributed by atoms with Crippen LogP contribution < -0.4 is 5.32 Å². The molecule has 2 N–H and O–H groups in total. The lowest BCUT2D eigenvalue weighted by Gasteiger charge is -2.05. The van der Waals surface area contributed by atoms with Gasteiger partial charge in [0.25, 0.3) is 5.91 Å². The fourth-order valence-corrected chi connectivity index (χ4v) is 3.76. The van der Waals surface area contributed by atoms with Crippen molar-refractivity contribution in [3.8, 4) is 11.3 Å². The number of hydrogen-bond donors (Lipinski definition) is 2. The summed E-state index contributed by atoms with van der Waals surface area (Å²) in [6, 6.07) is 14.9. The van der Waals surface area contributed by atoms with Crippen molar-refractivity contribution in [2.24, 2.45) is 0 Å². The molecule has 0 aliphatic carbocycles. The van der Waals surface area contributed by atoms with Crippen molar-refractivity contribution in [1.29, 1.82) is 0 Å². The van der Waals surface area contributed by atoms with Gasteiger partial charge in [0.2, 0.25) is 0 Å². The van der Waals surface area contributed by atoms with Gasteiger partial charge in [0.05, 0.1) is 16.7 Å². The van der Waals surface area contributed by atoms with E-state index >= 15 is 0 Å². The number of amides is 1. The minimum atomic E-state index is -0.337. The number of rotatable bonds is 5. The van der Waals surface area contributed by atoms with E-state index in [0.717, 1.165) is 16.7 Å². The van der Waals surface area contributed by atoms with Gasteiger partial charge in [-0.05, 0) is 46.6 Å². The Morgan fingerprint density at radius 1 is 1.17 bits per heavy atom. The number of aryl methyl sites for hydroxylation is 1. The molecule has 6 nitrogen and oxygen atoms in total. The van der Waals surface area contributed by atoms with Gasteiger partial charge in [-0.3, -0.25) is 14.6 Å². The van der Waals surface area contributed by atoms with Crippen molar-refractivity contribution in [3.05, 3.63) is 86.1 Å². The lowest BCUT2D eigenvalue weighted by Crippen LogP contribution is -2.13. The third kappa shape index (κ3) is 4.59. The zero-order valence-corrected chi connectivity index (χ0v) is 18.9. The summed E-state index contributed by atoms with van der Waals surface area (Å²) < 4.78 is 2.33. The molecule has 0 aliphatic rings. The summed E-state index contributed by atoms with van der Waals surface area (Å²) in [6.07, 6.45) is 1.77. The van der Waals surface area contributed by atoms with Crippen LogP contribution in [0.1, 0.15) is 21.6 Å². The van der Waals surface area contributed by atoms with E-state index in [-0.39, 0.29) is 5.91 Å². The van der Waals surface area contributed by atoms with Gasteiger partial charge in [-0.2, -0.15) is 10.2 Å². The van der Waals surface area contributed by atoms with Crippen molar-refractivity contribution in [2.75, 3.05) is 5.32 Å². The molecule has 152 valence electrons. The quantitative estimate of drug-likeness (QED) is 0.352. The minimum Gasteiger partial charge on any atom is -0.303 e. The number of benzene rings is 2. The second-order valence-corrected chi connectivity index (χ2v) is 8.44. The molecule has 0 unspecified atom stereocenters. The molecule has 30 heavy (non-hydrogen) atoms. The maximum Gasteiger partial charge on any atom is 0.274 e. The van der Waals surface area contributed by atoms with Crippen LogP contribution in [0, 0.1) is 6.92 Å². The number of halogens is 3. The predicted molar refractivity (Wildman–Crippen MR) is 122 cm³/mol. The van der Waals surface area contributed by atoms with Crippen molar-refractivity contribution < 1.29 is 4.79 Å². The van der Waals surface area contributed by atoms with Gasteiger partial charge < -0.3 is 5.32 Å². The second kappa shape index (κ2) is 8.63. The summed E-state index contributed by atoms with van der Waals surface area (Å²) in [4.78, 5) is 12.6. The van der Waals surface area contributed by atoms with Crippen LogP contribution in [0.4, 0.5) is 5.82 Å². The molecule has 2 aromatic heterocycles. The molecule has 0 fully saturated rings. The number of hydrogen-bond acceptors (Lipinski definition) is 3. The van der Waals surface area contributed by atoms with E-state index < -0.39 is 0 Å². The highest BCUT2D eigenvalue weighted by Gasteiger charge is 2.15. The molecule has 0 atom stereocenters. The molecule has 2 aromatic carbocycles. The van der Waals surface area contributed by atoms with E-state index in [1.807, 2.05) is 37.3 Å². The van der Waals surface area contributed by atoms with E-state index in [9.17, 15) is 4.79 Å². The number of carbonyl (C=O) groups is 1. The number of carbonyl (C=O) groups excluding carboxylic acids is 1. The Morgan fingerprint density at radius 2 is 1.93 bits per heavy atom. The van der Waals surface area contributed by atoms with Crippen LogP contribution in [0.2, 0.25) is 10.0 Å². The average Bonchev–Trinajstić information content (AvgIpc) is 3.32. The van der Waals surface area contributed by atoms with E-state index in [1.165, 1.54) is 0 Å². The third-order valence-electron chi connectivity index (χ3n) is 4.47. The first-order valence-corrected chi connectivity index (χ1v) is 10.5. The molecule has 0 saturated carbocycles. The smallest absolute Gasteiger partial charge is 0.274 e. The molecule has 4 rings (SSSR count). The summed E-state index contributed by atoms with van der Waals surface area (Å²) in [6.45, 7) is 2.46. The molecule has 1 amide bonds. The summed E-state index contributed by atoms with van der Waals surface area (Å²) in [5, 5.41) is 15.3. The van der Waals surface area contributed by atoms with Gasteiger partial charge >= 0.3 is 0 Å². The van der Waals surface area contributed by atoms with Gasteiger partial charge in [0.1, 0.15) is 5.69 Å². The number of H-pyrrole nitrogens is 1. The van der Waals surface area contributed by atoms with Crippen LogP contribution in [0.25, 0.3) is 11.3 Å². The Labute approximate surface area is 191 Å². The average molecular weight is 505 g/mol. The molecular weight excluding hydrogens is 489 g/mol. The van der Waals surface area contributed by atoms with Crippen LogP contribution in [-0.2, 0) is 6.54 Å². The van der Waals surface area contributed by atoms with Crippen molar-refractivity contribution >= 4 is 50.9 Å². The number of aromatic amines is 1. The number of aromatic nitrogens is 4. The molecule has 9 heteroatoms. The van der Waals surface area contributed by atoms with E-state index in [4.69, 9.17) is 23.2 Å². The SMILES string of the molecule is Cc1ccc(-c2cc(C(=O)Nc3nn(Cc4ccc(Cl)cc4Cl)cc3Br)[nH]n2)cc1. The number of anilines is 1. The molecule has 0 saturated heterocycles. The Balaban J connectivity index is 1.48. The summed E-state index contributed by atoms with van der Waals surface area (Å²) in [5.41, 5.74) is 3.99. The molecule has 0 radical (unpaired) electrons. The Kier molecular flexibility index (Phi) is 5.94. The minimum absolute atomic E-state index is 0.337. The van der Waals surface area contributed by atoms with Crippen molar-refractivity contribution in [1.82, 2.24) is 20.0 Å². The van der Waals surface area contributed by atoms with E-state index in [1.54, 1.807) is 29.1 Å².